The normalized spacial score (nSPS) is 10.5. The number of hydrogen-bond acceptors (Lipinski definition) is 1. The lowest BCUT2D eigenvalue weighted by molar-refractivity contribution is 0.0989. The van der Waals surface area contributed by atoms with E-state index in [-0.39, 0.29) is 17.0 Å². The lowest BCUT2D eigenvalue weighted by Crippen LogP contribution is -2.06. The van der Waals surface area contributed by atoms with Crippen LogP contribution in [0.2, 0.25) is 5.02 Å². The van der Waals surface area contributed by atoms with Crippen LogP contribution in [-0.4, -0.2) is 5.78 Å². The molecule has 0 aliphatic heterocycles. The molecular weight excluding hydrogens is 277 g/mol. The van der Waals surface area contributed by atoms with Crippen molar-refractivity contribution in [3.8, 4) is 0 Å². The third-order valence-corrected chi connectivity index (χ3v) is 2.87. The molecule has 2 rings (SSSR count). The maximum atomic E-state index is 13.4. The van der Waals surface area contributed by atoms with Crippen molar-refractivity contribution in [3.63, 3.8) is 0 Å². The van der Waals surface area contributed by atoms with Crippen LogP contribution in [0.25, 0.3) is 0 Å². The van der Waals surface area contributed by atoms with Crippen LogP contribution in [0.5, 0.6) is 0 Å². The van der Waals surface area contributed by atoms with Crippen molar-refractivity contribution in [3.05, 3.63) is 70.0 Å². The molecule has 0 N–H and O–H groups in total. The second kappa shape index (κ2) is 5.45. The van der Waals surface area contributed by atoms with Crippen LogP contribution in [-0.2, 0) is 6.42 Å². The maximum Gasteiger partial charge on any atom is 0.170 e. The zero-order chi connectivity index (χ0) is 14.0. The van der Waals surface area contributed by atoms with Crippen molar-refractivity contribution in [2.45, 2.75) is 6.42 Å². The van der Waals surface area contributed by atoms with Gasteiger partial charge >= 0.3 is 0 Å². The molecule has 0 aliphatic carbocycles. The van der Waals surface area contributed by atoms with Crippen LogP contribution in [0.1, 0.15) is 15.9 Å². The van der Waals surface area contributed by atoms with Crippen LogP contribution in [0.4, 0.5) is 13.2 Å². The average Bonchev–Trinajstić information content (AvgIpc) is 2.33. The minimum atomic E-state index is -0.918. The monoisotopic (exact) mass is 284 g/mol. The Balaban J connectivity index is 2.23. The van der Waals surface area contributed by atoms with E-state index in [1.807, 2.05) is 0 Å². The average molecular weight is 285 g/mol. The van der Waals surface area contributed by atoms with Gasteiger partial charge in [-0.2, -0.15) is 0 Å². The molecule has 5 heteroatoms. The number of ketones is 1. The van der Waals surface area contributed by atoms with Gasteiger partial charge in [-0.05, 0) is 29.8 Å². The highest BCUT2D eigenvalue weighted by atomic mass is 35.5. The highest BCUT2D eigenvalue weighted by Crippen LogP contribution is 2.18. The number of hydrogen-bond donors (Lipinski definition) is 0. The Labute approximate surface area is 112 Å². The molecule has 0 radical (unpaired) electrons. The largest absolute Gasteiger partial charge is 0.294 e. The van der Waals surface area contributed by atoms with Gasteiger partial charge < -0.3 is 0 Å². The molecule has 0 spiro atoms. The number of carbonyl (C=O) groups excluding carboxylic acids is 1. The van der Waals surface area contributed by atoms with Gasteiger partial charge in [-0.3, -0.25) is 4.79 Å². The van der Waals surface area contributed by atoms with Crippen molar-refractivity contribution in [2.24, 2.45) is 0 Å². The molecule has 1 nitrogen and oxygen atoms in total. The van der Waals surface area contributed by atoms with E-state index >= 15 is 0 Å². The van der Waals surface area contributed by atoms with Crippen LogP contribution >= 0.6 is 11.6 Å². The molecule has 0 aliphatic rings. The van der Waals surface area contributed by atoms with Crippen molar-refractivity contribution < 1.29 is 18.0 Å². The van der Waals surface area contributed by atoms with Gasteiger partial charge in [0.15, 0.2) is 5.78 Å². The summed E-state index contributed by atoms with van der Waals surface area (Å²) >= 11 is 5.59. The summed E-state index contributed by atoms with van der Waals surface area (Å²) in [7, 11) is 0. The molecule has 2 aromatic carbocycles. The van der Waals surface area contributed by atoms with Crippen molar-refractivity contribution in [2.75, 3.05) is 0 Å². The molecular formula is C14H8ClF3O. The fraction of sp³-hybridized carbons (Fsp3) is 0.0714. The Bertz CT molecular complexity index is 641. The summed E-state index contributed by atoms with van der Waals surface area (Å²) in [5, 5.41) is -0.107. The molecule has 98 valence electrons. The Morgan fingerprint density at radius 3 is 2.37 bits per heavy atom. The fourth-order valence-corrected chi connectivity index (χ4v) is 1.85. The van der Waals surface area contributed by atoms with Gasteiger partial charge in [0.1, 0.15) is 17.5 Å². The highest BCUT2D eigenvalue weighted by molar-refractivity contribution is 6.30. The van der Waals surface area contributed by atoms with Crippen LogP contribution in [0, 0.1) is 17.5 Å². The van der Waals surface area contributed by atoms with Crippen molar-refractivity contribution in [1.82, 2.24) is 0 Å². The Morgan fingerprint density at radius 2 is 1.74 bits per heavy atom. The van der Waals surface area contributed by atoms with Crippen molar-refractivity contribution in [1.29, 1.82) is 0 Å². The summed E-state index contributed by atoms with van der Waals surface area (Å²) in [4.78, 5) is 11.8. The van der Waals surface area contributed by atoms with Gasteiger partial charge in [-0.15, -0.1) is 0 Å². The molecule has 2 aromatic rings. The van der Waals surface area contributed by atoms with E-state index in [1.54, 1.807) is 0 Å². The number of carbonyl (C=O) groups is 1. The minimum Gasteiger partial charge on any atom is -0.294 e. The van der Waals surface area contributed by atoms with E-state index in [0.29, 0.717) is 11.6 Å². The molecule has 0 unspecified atom stereocenters. The molecule has 0 saturated carbocycles. The number of Topliss-reactive ketones (excluding diaryl/α,β-unsaturated/α-hetero) is 1. The second-order valence-corrected chi connectivity index (χ2v) is 4.38. The van der Waals surface area contributed by atoms with Gasteiger partial charge in [0.05, 0.1) is 10.6 Å². The SMILES string of the molecule is O=C(Cc1ccc(F)c(Cl)c1)c1ccc(F)cc1F. The summed E-state index contributed by atoms with van der Waals surface area (Å²) in [6.45, 7) is 0. The molecule has 0 atom stereocenters. The lowest BCUT2D eigenvalue weighted by Gasteiger charge is -2.04. The van der Waals surface area contributed by atoms with Crippen LogP contribution in [0.3, 0.4) is 0 Å². The van der Waals surface area contributed by atoms with Gasteiger partial charge in [0, 0.05) is 12.5 Å². The van der Waals surface area contributed by atoms with E-state index in [2.05, 4.69) is 0 Å². The molecule has 0 heterocycles. The standard InChI is InChI=1S/C14H8ClF3O/c15-11-5-8(1-4-12(11)17)6-14(19)10-3-2-9(16)7-13(10)18/h1-5,7H,6H2. The molecule has 0 saturated heterocycles. The molecule has 0 amide bonds. The van der Waals surface area contributed by atoms with E-state index < -0.39 is 23.2 Å². The van der Waals surface area contributed by atoms with E-state index in [9.17, 15) is 18.0 Å². The Kier molecular flexibility index (Phi) is 3.90. The molecule has 0 bridgehead atoms. The van der Waals surface area contributed by atoms with Gasteiger partial charge in [0.25, 0.3) is 0 Å². The first-order valence-electron chi connectivity index (χ1n) is 5.39. The summed E-state index contributed by atoms with van der Waals surface area (Å²) in [6, 6.07) is 6.56. The fourth-order valence-electron chi connectivity index (χ4n) is 1.65. The third kappa shape index (κ3) is 3.15. The van der Waals surface area contributed by atoms with E-state index in [1.165, 1.54) is 12.1 Å². The zero-order valence-corrected chi connectivity index (χ0v) is 10.3. The van der Waals surface area contributed by atoms with E-state index in [4.69, 9.17) is 11.6 Å². The topological polar surface area (TPSA) is 17.1 Å². The minimum absolute atomic E-state index is 0.107. The number of halogens is 4. The predicted molar refractivity (Wildman–Crippen MR) is 65.8 cm³/mol. The molecule has 0 aromatic heterocycles. The summed E-state index contributed by atoms with van der Waals surface area (Å²) in [5.74, 6) is -2.79. The van der Waals surface area contributed by atoms with Gasteiger partial charge in [0.2, 0.25) is 0 Å². The summed E-state index contributed by atoms with van der Waals surface area (Å²) in [6.07, 6.45) is -0.136. The number of benzene rings is 2. The Morgan fingerprint density at radius 1 is 1.00 bits per heavy atom. The Hall–Kier alpha value is -1.81. The van der Waals surface area contributed by atoms with Gasteiger partial charge in [-0.1, -0.05) is 17.7 Å². The summed E-state index contributed by atoms with van der Waals surface area (Å²) < 4.78 is 39.1. The first-order valence-corrected chi connectivity index (χ1v) is 5.77. The maximum absolute atomic E-state index is 13.4. The second-order valence-electron chi connectivity index (χ2n) is 3.97. The summed E-state index contributed by atoms with van der Waals surface area (Å²) in [5.41, 5.74) is 0.252. The van der Waals surface area contributed by atoms with E-state index in [0.717, 1.165) is 18.2 Å². The predicted octanol–water partition coefficient (Wildman–Crippen LogP) is 4.18. The third-order valence-electron chi connectivity index (χ3n) is 2.58. The molecule has 19 heavy (non-hydrogen) atoms. The first-order chi connectivity index (χ1) is 8.97. The first kappa shape index (κ1) is 13.6. The quantitative estimate of drug-likeness (QED) is 0.773. The lowest BCUT2D eigenvalue weighted by atomic mass is 10.0. The van der Waals surface area contributed by atoms with Crippen LogP contribution < -0.4 is 0 Å². The zero-order valence-electron chi connectivity index (χ0n) is 9.59. The highest BCUT2D eigenvalue weighted by Gasteiger charge is 2.13. The van der Waals surface area contributed by atoms with Crippen molar-refractivity contribution >= 4 is 17.4 Å². The van der Waals surface area contributed by atoms with Gasteiger partial charge in [-0.25, -0.2) is 13.2 Å². The molecule has 0 fully saturated rings. The van der Waals surface area contributed by atoms with Crippen LogP contribution in [0.15, 0.2) is 36.4 Å². The number of rotatable bonds is 3. The smallest absolute Gasteiger partial charge is 0.170 e.